The second kappa shape index (κ2) is 6.85. The molecule has 1 rings (SSSR count). The van der Waals surface area contributed by atoms with Gasteiger partial charge in [-0.2, -0.15) is 0 Å². The van der Waals surface area contributed by atoms with Crippen molar-refractivity contribution in [3.05, 3.63) is 22.3 Å². The minimum atomic E-state index is 0.362. The zero-order chi connectivity index (χ0) is 15.1. The molecule has 0 spiro atoms. The Hall–Kier alpha value is -2.94. The third-order valence-corrected chi connectivity index (χ3v) is 3.15. The van der Waals surface area contributed by atoms with Crippen molar-refractivity contribution in [3.8, 4) is 49.4 Å². The summed E-state index contributed by atoms with van der Waals surface area (Å²) in [5, 5.41) is 0. The van der Waals surface area contributed by atoms with Crippen LogP contribution < -0.4 is 11.5 Å². The highest BCUT2D eigenvalue weighted by molar-refractivity contribution is 5.77. The molecule has 98 valence electrons. The molecule has 0 unspecified atom stereocenters. The largest absolute Gasteiger partial charge is 0.397 e. The van der Waals surface area contributed by atoms with Crippen molar-refractivity contribution in [2.45, 2.75) is 25.7 Å². The maximum absolute atomic E-state index is 6.09. The van der Waals surface area contributed by atoms with Crippen LogP contribution in [0.15, 0.2) is 0 Å². The third kappa shape index (κ3) is 2.72. The first-order valence-corrected chi connectivity index (χ1v) is 6.06. The minimum Gasteiger partial charge on any atom is -0.397 e. The molecule has 4 N–H and O–H groups in total. The second-order valence-corrected chi connectivity index (χ2v) is 4.27. The van der Waals surface area contributed by atoms with Crippen LogP contribution in [0.2, 0.25) is 0 Å². The minimum absolute atomic E-state index is 0.362. The lowest BCUT2D eigenvalue weighted by atomic mass is 9.87. The van der Waals surface area contributed by atoms with E-state index in [0.717, 1.165) is 22.3 Å². The predicted octanol–water partition coefficient (Wildman–Crippen LogP) is 1.55. The van der Waals surface area contributed by atoms with E-state index in [-0.39, 0.29) is 0 Å². The fraction of sp³-hybridized carbons (Fsp3) is 0.222. The molecule has 0 saturated carbocycles. The van der Waals surface area contributed by atoms with Gasteiger partial charge in [-0.25, -0.2) is 0 Å². The first kappa shape index (κ1) is 15.1. The molecular weight excluding hydrogens is 244 g/mol. The van der Waals surface area contributed by atoms with Crippen LogP contribution in [0, 0.1) is 49.4 Å². The number of anilines is 2. The number of terminal acetylenes is 4. The summed E-state index contributed by atoms with van der Waals surface area (Å²) in [4.78, 5) is 0. The Kier molecular flexibility index (Phi) is 5.18. The standard InChI is InChI=1S/C18H16N2/c1-5-9-13-14(10-6-2)16(12-8-4)18(20)17(19)15(13)11-7-3/h1-4H,9-12,19-20H2. The van der Waals surface area contributed by atoms with Gasteiger partial charge in [0.05, 0.1) is 11.4 Å². The van der Waals surface area contributed by atoms with Gasteiger partial charge in [0.2, 0.25) is 0 Å². The Balaban J connectivity index is 3.75. The Morgan fingerprint density at radius 3 is 1.05 bits per heavy atom. The summed E-state index contributed by atoms with van der Waals surface area (Å²) in [5.41, 5.74) is 16.4. The highest BCUT2D eigenvalue weighted by Gasteiger charge is 2.19. The molecule has 0 aromatic heterocycles. The van der Waals surface area contributed by atoms with Crippen molar-refractivity contribution < 1.29 is 0 Å². The van der Waals surface area contributed by atoms with Crippen molar-refractivity contribution in [1.82, 2.24) is 0 Å². The molecule has 0 bridgehead atoms. The van der Waals surface area contributed by atoms with Gasteiger partial charge in [0.15, 0.2) is 0 Å². The van der Waals surface area contributed by atoms with Crippen molar-refractivity contribution in [3.63, 3.8) is 0 Å². The Bertz CT molecular complexity index is 622. The van der Waals surface area contributed by atoms with Gasteiger partial charge in [0.25, 0.3) is 0 Å². The summed E-state index contributed by atoms with van der Waals surface area (Å²) in [6.45, 7) is 0. The molecule has 20 heavy (non-hydrogen) atoms. The van der Waals surface area contributed by atoms with E-state index in [1.165, 1.54) is 0 Å². The van der Waals surface area contributed by atoms with E-state index in [0.29, 0.717) is 37.1 Å². The van der Waals surface area contributed by atoms with Gasteiger partial charge < -0.3 is 11.5 Å². The van der Waals surface area contributed by atoms with Gasteiger partial charge in [0.1, 0.15) is 0 Å². The van der Waals surface area contributed by atoms with Crippen LogP contribution in [-0.4, -0.2) is 0 Å². The van der Waals surface area contributed by atoms with Crippen molar-refractivity contribution in [1.29, 1.82) is 0 Å². The molecule has 0 radical (unpaired) electrons. The second-order valence-electron chi connectivity index (χ2n) is 4.27. The Labute approximate surface area is 120 Å². The van der Waals surface area contributed by atoms with Gasteiger partial charge in [0, 0.05) is 25.7 Å². The van der Waals surface area contributed by atoms with E-state index in [9.17, 15) is 0 Å². The van der Waals surface area contributed by atoms with Crippen LogP contribution in [0.3, 0.4) is 0 Å². The fourth-order valence-electron chi connectivity index (χ4n) is 2.25. The number of rotatable bonds is 4. The Morgan fingerprint density at radius 2 is 0.800 bits per heavy atom. The third-order valence-electron chi connectivity index (χ3n) is 3.15. The molecule has 0 atom stereocenters. The van der Waals surface area contributed by atoms with E-state index in [1.807, 2.05) is 0 Å². The van der Waals surface area contributed by atoms with Gasteiger partial charge in [-0.15, -0.1) is 49.4 Å². The first-order valence-electron chi connectivity index (χ1n) is 6.06. The van der Waals surface area contributed by atoms with Crippen LogP contribution in [0.25, 0.3) is 0 Å². The summed E-state index contributed by atoms with van der Waals surface area (Å²) in [5.74, 6) is 10.4. The lowest BCUT2D eigenvalue weighted by Crippen LogP contribution is -2.12. The molecule has 1 aromatic rings. The highest BCUT2D eigenvalue weighted by Crippen LogP contribution is 2.34. The maximum Gasteiger partial charge on any atom is 0.0596 e. The lowest BCUT2D eigenvalue weighted by Gasteiger charge is -2.20. The lowest BCUT2D eigenvalue weighted by molar-refractivity contribution is 1.08. The van der Waals surface area contributed by atoms with Crippen molar-refractivity contribution in [2.24, 2.45) is 0 Å². The molecule has 0 amide bonds. The van der Waals surface area contributed by atoms with Crippen LogP contribution in [0.1, 0.15) is 22.3 Å². The van der Waals surface area contributed by atoms with E-state index >= 15 is 0 Å². The predicted molar refractivity (Wildman–Crippen MR) is 85.4 cm³/mol. The van der Waals surface area contributed by atoms with Crippen LogP contribution in [0.5, 0.6) is 0 Å². The summed E-state index contributed by atoms with van der Waals surface area (Å²) >= 11 is 0. The number of hydrogen-bond acceptors (Lipinski definition) is 2. The van der Waals surface area contributed by atoms with Crippen molar-refractivity contribution >= 4 is 11.4 Å². The zero-order valence-corrected chi connectivity index (χ0v) is 11.3. The number of nitrogen functional groups attached to an aromatic ring is 2. The topological polar surface area (TPSA) is 52.0 Å². The van der Waals surface area contributed by atoms with E-state index in [2.05, 4.69) is 23.7 Å². The van der Waals surface area contributed by atoms with Crippen LogP contribution in [-0.2, 0) is 25.7 Å². The number of hydrogen-bond donors (Lipinski definition) is 2. The number of benzene rings is 1. The normalized spacial score (nSPS) is 9.00. The zero-order valence-electron chi connectivity index (χ0n) is 11.3. The number of nitrogens with two attached hydrogens (primary N) is 2. The summed E-state index contributed by atoms with van der Waals surface area (Å²) in [6, 6.07) is 0. The molecule has 1 aromatic carbocycles. The molecule has 0 aliphatic rings. The first-order chi connectivity index (χ1) is 9.62. The monoisotopic (exact) mass is 260 g/mol. The Morgan fingerprint density at radius 1 is 0.550 bits per heavy atom. The quantitative estimate of drug-likeness (QED) is 0.637. The van der Waals surface area contributed by atoms with E-state index in [1.54, 1.807) is 0 Å². The fourth-order valence-corrected chi connectivity index (χ4v) is 2.25. The molecule has 0 heterocycles. The molecule has 0 aliphatic heterocycles. The average Bonchev–Trinajstić information content (AvgIpc) is 2.44. The smallest absolute Gasteiger partial charge is 0.0596 e. The SMILES string of the molecule is C#CCc1c(N)c(N)c(CC#C)c(CC#C)c1CC#C. The average molecular weight is 260 g/mol. The maximum atomic E-state index is 6.09. The van der Waals surface area contributed by atoms with Crippen LogP contribution in [0.4, 0.5) is 11.4 Å². The molecule has 2 heteroatoms. The van der Waals surface area contributed by atoms with E-state index < -0.39 is 0 Å². The highest BCUT2D eigenvalue weighted by atomic mass is 14.7. The summed E-state index contributed by atoms with van der Waals surface area (Å²) in [6.07, 6.45) is 23.2. The molecule has 0 fully saturated rings. The van der Waals surface area contributed by atoms with E-state index in [4.69, 9.17) is 37.2 Å². The summed E-state index contributed by atoms with van der Waals surface area (Å²) in [7, 11) is 0. The van der Waals surface area contributed by atoms with Gasteiger partial charge in [-0.3, -0.25) is 0 Å². The van der Waals surface area contributed by atoms with Gasteiger partial charge >= 0.3 is 0 Å². The van der Waals surface area contributed by atoms with Gasteiger partial charge in [-0.1, -0.05) is 0 Å². The molecule has 0 aliphatic carbocycles. The molecule has 0 saturated heterocycles. The summed E-state index contributed by atoms with van der Waals surface area (Å²) < 4.78 is 0. The van der Waals surface area contributed by atoms with Gasteiger partial charge in [-0.05, 0) is 22.3 Å². The van der Waals surface area contributed by atoms with Crippen LogP contribution >= 0.6 is 0 Å². The molecule has 2 nitrogen and oxygen atoms in total. The van der Waals surface area contributed by atoms with Crippen molar-refractivity contribution in [2.75, 3.05) is 11.5 Å². The molecular formula is C18H16N2.